The van der Waals surface area contributed by atoms with E-state index in [0.717, 1.165) is 11.8 Å². The molecule has 2 fully saturated rings. The maximum Gasteiger partial charge on any atom is 0.00340 e. The molecule has 1 aliphatic carbocycles. The Morgan fingerprint density at radius 1 is 1.17 bits per heavy atom. The maximum atomic E-state index is 3.33. The van der Waals surface area contributed by atoms with E-state index in [4.69, 9.17) is 0 Å². The summed E-state index contributed by atoms with van der Waals surface area (Å²) >= 11 is 0. The Balaban J connectivity index is 1.65. The van der Waals surface area contributed by atoms with E-state index in [1.165, 1.54) is 45.6 Å². The number of nitrogens with zero attached hydrogens (tertiary/aromatic N) is 1. The molecular weight excluding hydrogens is 148 g/mol. The molecule has 2 aliphatic rings. The lowest BCUT2D eigenvalue weighted by Gasteiger charge is -2.32. The van der Waals surface area contributed by atoms with Gasteiger partial charge in [0.15, 0.2) is 0 Å². The second kappa shape index (κ2) is 3.75. The second-order valence-corrected chi connectivity index (χ2v) is 4.32. The van der Waals surface area contributed by atoms with Gasteiger partial charge in [-0.1, -0.05) is 6.92 Å². The van der Waals surface area contributed by atoms with Gasteiger partial charge in [0.25, 0.3) is 0 Å². The van der Waals surface area contributed by atoms with Crippen molar-refractivity contribution in [3.63, 3.8) is 0 Å². The Labute approximate surface area is 75.3 Å². The minimum absolute atomic E-state index is 0.948. The molecule has 2 nitrogen and oxygen atoms in total. The molecule has 2 heteroatoms. The molecule has 0 aromatic carbocycles. The molecule has 12 heavy (non-hydrogen) atoms. The second-order valence-electron chi connectivity index (χ2n) is 4.32. The van der Waals surface area contributed by atoms with Crippen molar-refractivity contribution in [3.8, 4) is 0 Å². The average Bonchev–Trinajstić information content (AvgIpc) is 2.77. The van der Waals surface area contributed by atoms with Crippen LogP contribution in [-0.4, -0.2) is 37.6 Å². The van der Waals surface area contributed by atoms with Crippen molar-refractivity contribution in [1.29, 1.82) is 0 Å². The molecule has 1 saturated carbocycles. The Hall–Kier alpha value is -0.0800. The molecule has 0 aromatic rings. The molecule has 1 saturated heterocycles. The molecular formula is C10H20N2. The Kier molecular flexibility index (Phi) is 2.66. The number of nitrogens with one attached hydrogen (secondary N) is 1. The summed E-state index contributed by atoms with van der Waals surface area (Å²) in [4.78, 5) is 2.63. The van der Waals surface area contributed by atoms with Crippen molar-refractivity contribution in [2.75, 3.05) is 32.7 Å². The van der Waals surface area contributed by atoms with Crippen molar-refractivity contribution >= 4 is 0 Å². The molecule has 0 aromatic heterocycles. The van der Waals surface area contributed by atoms with Gasteiger partial charge < -0.3 is 10.2 Å². The molecule has 0 bridgehead atoms. The molecule has 0 spiro atoms. The predicted octanol–water partition coefficient (Wildman–Crippen LogP) is 0.938. The van der Waals surface area contributed by atoms with Gasteiger partial charge in [-0.25, -0.2) is 0 Å². The van der Waals surface area contributed by atoms with Crippen LogP contribution < -0.4 is 5.32 Å². The molecule has 0 radical (unpaired) electrons. The molecule has 1 aliphatic heterocycles. The number of hydrogen-bond acceptors (Lipinski definition) is 2. The molecule has 1 heterocycles. The fourth-order valence-electron chi connectivity index (χ4n) is 1.84. The summed E-state index contributed by atoms with van der Waals surface area (Å²) in [6.45, 7) is 8.73. The summed E-state index contributed by atoms with van der Waals surface area (Å²) in [5.74, 6) is 2.00. The topological polar surface area (TPSA) is 15.3 Å². The van der Waals surface area contributed by atoms with Crippen LogP contribution in [0.3, 0.4) is 0 Å². The SMILES string of the molecule is CCN(CC1CC1)CC1CNC1. The van der Waals surface area contributed by atoms with Gasteiger partial charge in [0.05, 0.1) is 0 Å². The van der Waals surface area contributed by atoms with Crippen molar-refractivity contribution in [3.05, 3.63) is 0 Å². The first kappa shape index (κ1) is 8.52. The fourth-order valence-corrected chi connectivity index (χ4v) is 1.84. The third-order valence-corrected chi connectivity index (χ3v) is 3.04. The molecule has 1 N–H and O–H groups in total. The number of rotatable bonds is 5. The van der Waals surface area contributed by atoms with E-state index in [2.05, 4.69) is 17.1 Å². The minimum atomic E-state index is 0.948. The third kappa shape index (κ3) is 2.20. The number of hydrogen-bond donors (Lipinski definition) is 1. The maximum absolute atomic E-state index is 3.33. The van der Waals surface area contributed by atoms with Crippen molar-refractivity contribution in [2.45, 2.75) is 19.8 Å². The van der Waals surface area contributed by atoms with Gasteiger partial charge in [0.1, 0.15) is 0 Å². The van der Waals surface area contributed by atoms with E-state index in [1.54, 1.807) is 0 Å². The summed E-state index contributed by atoms with van der Waals surface area (Å²) in [5.41, 5.74) is 0. The van der Waals surface area contributed by atoms with Crippen molar-refractivity contribution < 1.29 is 0 Å². The Bertz CT molecular complexity index is 139. The summed E-state index contributed by atoms with van der Waals surface area (Å²) < 4.78 is 0. The highest BCUT2D eigenvalue weighted by molar-refractivity contribution is 4.81. The van der Waals surface area contributed by atoms with Crippen LogP contribution in [0.5, 0.6) is 0 Å². The van der Waals surface area contributed by atoms with E-state index in [-0.39, 0.29) is 0 Å². The highest BCUT2D eigenvalue weighted by Gasteiger charge is 2.26. The zero-order valence-corrected chi connectivity index (χ0v) is 8.05. The summed E-state index contributed by atoms with van der Waals surface area (Å²) in [6.07, 6.45) is 2.97. The Morgan fingerprint density at radius 2 is 1.83 bits per heavy atom. The Morgan fingerprint density at radius 3 is 2.25 bits per heavy atom. The lowest BCUT2D eigenvalue weighted by Crippen LogP contribution is -2.48. The summed E-state index contributed by atoms with van der Waals surface area (Å²) in [7, 11) is 0. The van der Waals surface area contributed by atoms with Crippen LogP contribution in [0, 0.1) is 11.8 Å². The van der Waals surface area contributed by atoms with Gasteiger partial charge in [0, 0.05) is 26.2 Å². The van der Waals surface area contributed by atoms with Crippen LogP contribution in [0.15, 0.2) is 0 Å². The fraction of sp³-hybridized carbons (Fsp3) is 1.00. The first-order valence-electron chi connectivity index (χ1n) is 5.31. The molecule has 70 valence electrons. The lowest BCUT2D eigenvalue weighted by atomic mass is 10.0. The van der Waals surface area contributed by atoms with Gasteiger partial charge in [-0.3, -0.25) is 0 Å². The van der Waals surface area contributed by atoms with Gasteiger partial charge >= 0.3 is 0 Å². The zero-order valence-electron chi connectivity index (χ0n) is 8.05. The van der Waals surface area contributed by atoms with Crippen molar-refractivity contribution in [1.82, 2.24) is 10.2 Å². The monoisotopic (exact) mass is 168 g/mol. The van der Waals surface area contributed by atoms with Gasteiger partial charge in [-0.05, 0) is 31.2 Å². The van der Waals surface area contributed by atoms with Crippen LogP contribution in [-0.2, 0) is 0 Å². The van der Waals surface area contributed by atoms with Crippen LogP contribution in [0.2, 0.25) is 0 Å². The first-order chi connectivity index (χ1) is 5.88. The van der Waals surface area contributed by atoms with Gasteiger partial charge in [0.2, 0.25) is 0 Å². The highest BCUT2D eigenvalue weighted by atomic mass is 15.1. The zero-order chi connectivity index (χ0) is 8.39. The van der Waals surface area contributed by atoms with E-state index >= 15 is 0 Å². The minimum Gasteiger partial charge on any atom is -0.316 e. The third-order valence-electron chi connectivity index (χ3n) is 3.04. The molecule has 0 amide bonds. The summed E-state index contributed by atoms with van der Waals surface area (Å²) in [6, 6.07) is 0. The standard InChI is InChI=1S/C10H20N2/c1-2-12(7-9-3-4-9)8-10-5-11-6-10/h9-11H,2-8H2,1H3. The van der Waals surface area contributed by atoms with E-state index in [9.17, 15) is 0 Å². The summed E-state index contributed by atoms with van der Waals surface area (Å²) in [5, 5.41) is 3.33. The van der Waals surface area contributed by atoms with Crippen LogP contribution in [0.4, 0.5) is 0 Å². The lowest BCUT2D eigenvalue weighted by molar-refractivity contribution is 0.194. The average molecular weight is 168 g/mol. The van der Waals surface area contributed by atoms with Crippen molar-refractivity contribution in [2.24, 2.45) is 11.8 Å². The molecule has 0 atom stereocenters. The normalized spacial score (nSPS) is 24.5. The quantitative estimate of drug-likeness (QED) is 0.657. The predicted molar refractivity (Wildman–Crippen MR) is 51.2 cm³/mol. The largest absolute Gasteiger partial charge is 0.316 e. The van der Waals surface area contributed by atoms with Gasteiger partial charge in [-0.2, -0.15) is 0 Å². The van der Waals surface area contributed by atoms with Crippen LogP contribution in [0.25, 0.3) is 0 Å². The first-order valence-corrected chi connectivity index (χ1v) is 5.31. The molecule has 0 unspecified atom stereocenters. The van der Waals surface area contributed by atoms with E-state index in [0.29, 0.717) is 0 Å². The smallest absolute Gasteiger partial charge is 0.00340 e. The van der Waals surface area contributed by atoms with E-state index < -0.39 is 0 Å². The van der Waals surface area contributed by atoms with Crippen LogP contribution >= 0.6 is 0 Å². The van der Waals surface area contributed by atoms with Crippen LogP contribution in [0.1, 0.15) is 19.8 Å². The highest BCUT2D eigenvalue weighted by Crippen LogP contribution is 2.29. The van der Waals surface area contributed by atoms with E-state index in [1.807, 2.05) is 0 Å². The molecule has 2 rings (SSSR count). The van der Waals surface area contributed by atoms with Gasteiger partial charge in [-0.15, -0.1) is 0 Å².